The largest absolute Gasteiger partial charge is 0.357 e. The van der Waals surface area contributed by atoms with E-state index in [0.717, 1.165) is 6.42 Å². The Morgan fingerprint density at radius 2 is 1.26 bits per heavy atom. The number of benzene rings is 5. The highest BCUT2D eigenvalue weighted by atomic mass is 14.9. The third-order valence-corrected chi connectivity index (χ3v) is 11.1. The van der Waals surface area contributed by atoms with Crippen LogP contribution >= 0.6 is 0 Å². The van der Waals surface area contributed by atoms with E-state index in [1.54, 1.807) is 0 Å². The molecule has 1 atom stereocenters. The summed E-state index contributed by atoms with van der Waals surface area (Å²) in [7, 11) is 0. The van der Waals surface area contributed by atoms with Gasteiger partial charge in [0.05, 0.1) is 5.41 Å². The Balaban J connectivity index is 1.29. The highest BCUT2D eigenvalue weighted by Crippen LogP contribution is 2.63. The SMILES string of the molecule is Cc1cc2c(c(NC3=C(c4ccccc4)C=C4C(=Cc5ccccc54)C34C=CC=C3C4=Cc4ccccc43)c1C)Cc1ccccc1-2. The Labute approximate surface area is 276 Å². The summed E-state index contributed by atoms with van der Waals surface area (Å²) in [4.78, 5) is 0. The Hall–Kier alpha value is -5.66. The van der Waals surface area contributed by atoms with Gasteiger partial charge in [0.2, 0.25) is 0 Å². The summed E-state index contributed by atoms with van der Waals surface area (Å²) in [6, 6.07) is 40.0. The van der Waals surface area contributed by atoms with Crippen LogP contribution in [0.15, 0.2) is 150 Å². The molecule has 5 aliphatic rings. The van der Waals surface area contributed by atoms with Gasteiger partial charge in [0.1, 0.15) is 0 Å². The van der Waals surface area contributed by atoms with E-state index in [1.165, 1.54) is 100 Å². The topological polar surface area (TPSA) is 12.0 Å². The van der Waals surface area contributed by atoms with Crippen molar-refractivity contribution in [2.24, 2.45) is 5.41 Å². The number of nitrogens with one attached hydrogen (secondary N) is 1. The van der Waals surface area contributed by atoms with E-state index in [0.29, 0.717) is 0 Å². The maximum Gasteiger partial charge on any atom is 0.0804 e. The van der Waals surface area contributed by atoms with Gasteiger partial charge in [-0.25, -0.2) is 0 Å². The van der Waals surface area contributed by atoms with E-state index in [1.807, 2.05) is 0 Å². The summed E-state index contributed by atoms with van der Waals surface area (Å²) in [5.74, 6) is 0. The third-order valence-electron chi connectivity index (χ3n) is 11.1. The molecule has 0 saturated heterocycles. The molecule has 0 heterocycles. The van der Waals surface area contributed by atoms with Gasteiger partial charge in [-0.05, 0) is 116 Å². The van der Waals surface area contributed by atoms with E-state index >= 15 is 0 Å². The lowest BCUT2D eigenvalue weighted by molar-refractivity contribution is 0.704. The zero-order valence-corrected chi connectivity index (χ0v) is 26.6. The van der Waals surface area contributed by atoms with Crippen molar-refractivity contribution in [3.63, 3.8) is 0 Å². The molecule has 0 saturated carbocycles. The second-order valence-corrected chi connectivity index (χ2v) is 13.4. The van der Waals surface area contributed by atoms with Gasteiger partial charge in [-0.3, -0.25) is 0 Å². The second kappa shape index (κ2) is 9.67. The van der Waals surface area contributed by atoms with Gasteiger partial charge in [0.25, 0.3) is 0 Å². The minimum absolute atomic E-state index is 0.522. The van der Waals surface area contributed by atoms with Crippen molar-refractivity contribution in [2.75, 3.05) is 5.32 Å². The third kappa shape index (κ3) is 3.60. The summed E-state index contributed by atoms with van der Waals surface area (Å²) in [5.41, 5.74) is 23.0. The van der Waals surface area contributed by atoms with Gasteiger partial charge in [0.15, 0.2) is 0 Å². The van der Waals surface area contributed by atoms with Crippen LogP contribution in [0.3, 0.4) is 0 Å². The fourth-order valence-corrected chi connectivity index (χ4v) is 8.70. The smallest absolute Gasteiger partial charge is 0.0804 e. The minimum Gasteiger partial charge on any atom is -0.357 e. The molecule has 1 N–H and O–H groups in total. The fourth-order valence-electron chi connectivity index (χ4n) is 8.70. The van der Waals surface area contributed by atoms with Crippen molar-refractivity contribution in [1.82, 2.24) is 0 Å². The van der Waals surface area contributed by atoms with Crippen LogP contribution in [-0.4, -0.2) is 0 Å². The van der Waals surface area contributed by atoms with Crippen molar-refractivity contribution in [1.29, 1.82) is 0 Å². The molecule has 0 radical (unpaired) electrons. The van der Waals surface area contributed by atoms with Gasteiger partial charge in [0, 0.05) is 23.4 Å². The van der Waals surface area contributed by atoms with Crippen LogP contribution < -0.4 is 5.32 Å². The molecular formula is C46H33N. The van der Waals surface area contributed by atoms with Crippen molar-refractivity contribution >= 4 is 34.6 Å². The lowest BCUT2D eigenvalue weighted by Gasteiger charge is -2.44. The molecule has 0 bridgehead atoms. The number of rotatable bonds is 3. The molecule has 0 aliphatic heterocycles. The first-order valence-electron chi connectivity index (χ1n) is 16.7. The molecule has 0 amide bonds. The minimum atomic E-state index is -0.522. The number of hydrogen-bond donors (Lipinski definition) is 1. The van der Waals surface area contributed by atoms with Crippen LogP contribution in [0.1, 0.15) is 50.1 Å². The van der Waals surface area contributed by atoms with E-state index < -0.39 is 5.41 Å². The van der Waals surface area contributed by atoms with Gasteiger partial charge in [-0.15, -0.1) is 0 Å². The molecule has 1 spiro atoms. The number of allylic oxidation sites excluding steroid dienone is 7. The fraction of sp³-hybridized carbons (Fsp3) is 0.0870. The maximum atomic E-state index is 4.29. The van der Waals surface area contributed by atoms with Gasteiger partial charge < -0.3 is 5.32 Å². The number of anilines is 1. The quantitative estimate of drug-likeness (QED) is 0.213. The summed E-state index contributed by atoms with van der Waals surface area (Å²) < 4.78 is 0. The van der Waals surface area contributed by atoms with E-state index in [2.05, 4.69) is 165 Å². The average molecular weight is 600 g/mol. The molecule has 10 rings (SSSR count). The molecule has 5 aliphatic carbocycles. The van der Waals surface area contributed by atoms with Crippen molar-refractivity contribution in [3.05, 3.63) is 200 Å². The first-order valence-corrected chi connectivity index (χ1v) is 16.7. The van der Waals surface area contributed by atoms with Gasteiger partial charge in [-0.2, -0.15) is 0 Å². The van der Waals surface area contributed by atoms with Crippen molar-refractivity contribution in [3.8, 4) is 11.1 Å². The van der Waals surface area contributed by atoms with Crippen LogP contribution in [-0.2, 0) is 6.42 Å². The molecule has 1 heteroatoms. The van der Waals surface area contributed by atoms with Gasteiger partial charge >= 0.3 is 0 Å². The average Bonchev–Trinajstić information content (AvgIpc) is 3.80. The van der Waals surface area contributed by atoms with Crippen LogP contribution in [0.4, 0.5) is 5.69 Å². The van der Waals surface area contributed by atoms with Crippen LogP contribution in [0.5, 0.6) is 0 Å². The summed E-state index contributed by atoms with van der Waals surface area (Å²) in [6.07, 6.45) is 15.4. The van der Waals surface area contributed by atoms with E-state index in [-0.39, 0.29) is 0 Å². The molecule has 0 fully saturated rings. The van der Waals surface area contributed by atoms with Gasteiger partial charge in [-0.1, -0.05) is 127 Å². The van der Waals surface area contributed by atoms with Crippen molar-refractivity contribution in [2.45, 2.75) is 20.3 Å². The van der Waals surface area contributed by atoms with E-state index in [4.69, 9.17) is 0 Å². The summed E-state index contributed by atoms with van der Waals surface area (Å²) in [5, 5.41) is 4.29. The predicted molar refractivity (Wildman–Crippen MR) is 198 cm³/mol. The Bertz CT molecular complexity index is 2400. The zero-order valence-electron chi connectivity index (χ0n) is 26.6. The lowest BCUT2D eigenvalue weighted by atomic mass is 9.61. The Morgan fingerprint density at radius 3 is 2.02 bits per heavy atom. The molecule has 5 aromatic rings. The highest BCUT2D eigenvalue weighted by Gasteiger charge is 2.50. The molecule has 222 valence electrons. The lowest BCUT2D eigenvalue weighted by Crippen LogP contribution is -2.34. The van der Waals surface area contributed by atoms with E-state index in [9.17, 15) is 0 Å². The monoisotopic (exact) mass is 599 g/mol. The molecule has 5 aromatic carbocycles. The second-order valence-electron chi connectivity index (χ2n) is 13.4. The molecule has 0 aromatic heterocycles. The number of fused-ring (bicyclic) bond motifs is 11. The first kappa shape index (κ1) is 26.5. The van der Waals surface area contributed by atoms with Crippen LogP contribution in [0.25, 0.3) is 40.0 Å². The highest BCUT2D eigenvalue weighted by molar-refractivity contribution is 6.10. The molecular weight excluding hydrogens is 567 g/mol. The Morgan fingerprint density at radius 1 is 0.617 bits per heavy atom. The predicted octanol–water partition coefficient (Wildman–Crippen LogP) is 11.2. The van der Waals surface area contributed by atoms with Crippen LogP contribution in [0.2, 0.25) is 0 Å². The molecule has 1 unspecified atom stereocenters. The van der Waals surface area contributed by atoms with Crippen molar-refractivity contribution < 1.29 is 0 Å². The molecule has 1 nitrogen and oxygen atoms in total. The number of hydrogen-bond acceptors (Lipinski definition) is 1. The number of aryl methyl sites for hydroxylation is 1. The first-order chi connectivity index (χ1) is 23.1. The molecule has 47 heavy (non-hydrogen) atoms. The standard InChI is InChI=1S/C46H33N/c1-28-23-39-35-19-10-6-15-31(35)24-41(39)44(29(28)2)47-45-38(30-13-4-3-5-14-30)27-40-36-20-11-8-17-33(36)26-43(40)46(45)22-12-21-37-34-18-9-7-16-32(34)25-42(37)46/h3-23,25-27,47H,24H2,1-2H3. The zero-order chi connectivity index (χ0) is 31.3. The van der Waals surface area contributed by atoms with Crippen LogP contribution in [0, 0.1) is 19.3 Å². The summed E-state index contributed by atoms with van der Waals surface area (Å²) in [6.45, 7) is 4.55. The maximum absolute atomic E-state index is 4.29. The summed E-state index contributed by atoms with van der Waals surface area (Å²) >= 11 is 0. The normalized spacial score (nSPS) is 19.2. The Kier molecular flexibility index (Phi) is 5.46.